The molecular formula is C29H26N4O6. The van der Waals surface area contributed by atoms with E-state index in [9.17, 15) is 19.5 Å². The number of amides is 2. The third-order valence-corrected chi connectivity index (χ3v) is 5.62. The molecule has 2 atom stereocenters. The molecule has 0 radical (unpaired) electrons. The molecular weight excluding hydrogens is 500 g/mol. The number of rotatable bonds is 10. The minimum absolute atomic E-state index is 0.226. The van der Waals surface area contributed by atoms with Crippen molar-refractivity contribution in [2.45, 2.75) is 19.1 Å². The Morgan fingerprint density at radius 3 is 2.10 bits per heavy atom. The summed E-state index contributed by atoms with van der Waals surface area (Å²) in [5.74, 6) is -0.897. The molecule has 0 saturated carbocycles. The second-order valence-corrected chi connectivity index (χ2v) is 8.44. The van der Waals surface area contributed by atoms with E-state index in [1.165, 1.54) is 12.4 Å². The summed E-state index contributed by atoms with van der Waals surface area (Å²) in [7, 11) is 0. The number of carbonyl (C=O) groups is 3. The van der Waals surface area contributed by atoms with Crippen LogP contribution in [0, 0.1) is 0 Å². The zero-order chi connectivity index (χ0) is 27.6. The first-order valence-corrected chi connectivity index (χ1v) is 12.1. The van der Waals surface area contributed by atoms with Crippen molar-refractivity contribution in [2.24, 2.45) is 0 Å². The molecule has 0 aliphatic heterocycles. The number of hydrogen-bond donors (Lipinski definition) is 3. The van der Waals surface area contributed by atoms with Crippen LogP contribution in [-0.4, -0.2) is 45.7 Å². The molecule has 0 aliphatic carbocycles. The van der Waals surface area contributed by atoms with Crippen molar-refractivity contribution in [3.05, 3.63) is 108 Å². The second kappa shape index (κ2) is 12.8. The summed E-state index contributed by atoms with van der Waals surface area (Å²) >= 11 is 0. The molecule has 1 heterocycles. The number of ether oxygens (including phenoxy) is 2. The quantitative estimate of drug-likeness (QED) is 0.270. The predicted octanol–water partition coefficient (Wildman–Crippen LogP) is 4.72. The van der Waals surface area contributed by atoms with Gasteiger partial charge in [-0.05, 0) is 36.8 Å². The number of para-hydroxylation sites is 1. The number of anilines is 1. The van der Waals surface area contributed by atoms with Crippen LogP contribution < -0.4 is 15.4 Å². The van der Waals surface area contributed by atoms with Gasteiger partial charge in [-0.1, -0.05) is 60.7 Å². The topological polar surface area (TPSA) is 140 Å². The van der Waals surface area contributed by atoms with E-state index in [0.29, 0.717) is 22.8 Å². The van der Waals surface area contributed by atoms with Crippen LogP contribution in [0.1, 0.15) is 28.9 Å². The minimum Gasteiger partial charge on any atom is -0.491 e. The molecule has 3 N–H and O–H groups in total. The van der Waals surface area contributed by atoms with Gasteiger partial charge in [-0.2, -0.15) is 0 Å². The number of aliphatic carboxylic acids is 1. The molecule has 39 heavy (non-hydrogen) atoms. The van der Waals surface area contributed by atoms with E-state index in [-0.39, 0.29) is 12.2 Å². The Labute approximate surface area is 224 Å². The lowest BCUT2D eigenvalue weighted by atomic mass is 10.1. The Hall–Kier alpha value is -5.25. The summed E-state index contributed by atoms with van der Waals surface area (Å²) in [5.41, 5.74) is 2.12. The summed E-state index contributed by atoms with van der Waals surface area (Å²) < 4.78 is 10.9. The van der Waals surface area contributed by atoms with Crippen LogP contribution >= 0.6 is 0 Å². The predicted molar refractivity (Wildman–Crippen MR) is 143 cm³/mol. The molecule has 198 valence electrons. The fourth-order valence-electron chi connectivity index (χ4n) is 3.52. The third-order valence-electron chi connectivity index (χ3n) is 5.62. The van der Waals surface area contributed by atoms with E-state index < -0.39 is 30.1 Å². The lowest BCUT2D eigenvalue weighted by molar-refractivity contribution is -0.140. The van der Waals surface area contributed by atoms with Crippen LogP contribution in [-0.2, 0) is 9.53 Å². The Morgan fingerprint density at radius 1 is 0.872 bits per heavy atom. The highest BCUT2D eigenvalue weighted by Gasteiger charge is 2.22. The highest BCUT2D eigenvalue weighted by Crippen LogP contribution is 2.19. The second-order valence-electron chi connectivity index (χ2n) is 8.44. The van der Waals surface area contributed by atoms with Gasteiger partial charge in [-0.3, -0.25) is 10.1 Å². The lowest BCUT2D eigenvalue weighted by Gasteiger charge is -2.15. The molecule has 0 bridgehead atoms. The fraction of sp³-hybridized carbons (Fsp3) is 0.138. The smallest absolute Gasteiger partial charge is 0.412 e. The Bertz CT molecular complexity index is 1400. The molecule has 0 saturated heterocycles. The van der Waals surface area contributed by atoms with E-state index in [1.54, 1.807) is 55.5 Å². The Balaban J connectivity index is 1.31. The maximum atomic E-state index is 12.6. The monoisotopic (exact) mass is 526 g/mol. The fourth-order valence-corrected chi connectivity index (χ4v) is 3.52. The van der Waals surface area contributed by atoms with Gasteiger partial charge in [0.2, 0.25) is 0 Å². The summed E-state index contributed by atoms with van der Waals surface area (Å²) in [5, 5.41) is 14.5. The van der Waals surface area contributed by atoms with E-state index in [0.717, 1.165) is 5.56 Å². The van der Waals surface area contributed by atoms with Crippen LogP contribution in [0.5, 0.6) is 5.75 Å². The maximum absolute atomic E-state index is 12.6. The van der Waals surface area contributed by atoms with Crippen molar-refractivity contribution in [3.63, 3.8) is 0 Å². The van der Waals surface area contributed by atoms with Gasteiger partial charge in [0.05, 0.1) is 18.1 Å². The SMILES string of the molecule is CC(OC(=O)Nc1cnc(-c2ccc(C(=O)NC(COc3ccccc3)C(=O)O)cc2)nc1)c1ccccc1. The Morgan fingerprint density at radius 2 is 1.49 bits per heavy atom. The summed E-state index contributed by atoms with van der Waals surface area (Å²) in [4.78, 5) is 45.0. The number of carboxylic acids is 1. The normalized spacial score (nSPS) is 12.0. The minimum atomic E-state index is -1.23. The zero-order valence-electron chi connectivity index (χ0n) is 21.0. The molecule has 10 nitrogen and oxygen atoms in total. The number of nitrogens with zero attached hydrogens (tertiary/aromatic N) is 2. The molecule has 0 spiro atoms. The van der Waals surface area contributed by atoms with Crippen molar-refractivity contribution in [1.82, 2.24) is 15.3 Å². The van der Waals surface area contributed by atoms with Gasteiger partial charge < -0.3 is 19.9 Å². The maximum Gasteiger partial charge on any atom is 0.412 e. The average Bonchev–Trinajstić information content (AvgIpc) is 2.96. The molecule has 3 aromatic carbocycles. The summed E-state index contributed by atoms with van der Waals surface area (Å²) in [6, 6.07) is 23.2. The molecule has 0 aliphatic rings. The molecule has 10 heteroatoms. The largest absolute Gasteiger partial charge is 0.491 e. The summed E-state index contributed by atoms with van der Waals surface area (Å²) in [6.45, 7) is 1.55. The number of carbonyl (C=O) groups excluding carboxylic acids is 2. The van der Waals surface area contributed by atoms with Crippen LogP contribution in [0.4, 0.5) is 10.5 Å². The molecule has 0 fully saturated rings. The van der Waals surface area contributed by atoms with Crippen molar-refractivity contribution >= 4 is 23.7 Å². The number of benzene rings is 3. The third kappa shape index (κ3) is 7.62. The van der Waals surface area contributed by atoms with E-state index in [4.69, 9.17) is 9.47 Å². The van der Waals surface area contributed by atoms with Crippen LogP contribution in [0.15, 0.2) is 97.3 Å². The Kier molecular flexibility index (Phi) is 8.81. The number of carboxylic acid groups (broad SMARTS) is 1. The highest BCUT2D eigenvalue weighted by atomic mass is 16.6. The first-order chi connectivity index (χ1) is 18.9. The van der Waals surface area contributed by atoms with Crippen molar-refractivity contribution in [1.29, 1.82) is 0 Å². The number of nitrogens with one attached hydrogen (secondary N) is 2. The first kappa shape index (κ1) is 26.8. The van der Waals surface area contributed by atoms with Crippen molar-refractivity contribution < 1.29 is 29.0 Å². The van der Waals surface area contributed by atoms with Gasteiger partial charge in [0, 0.05) is 11.1 Å². The van der Waals surface area contributed by atoms with Crippen molar-refractivity contribution in [3.8, 4) is 17.1 Å². The van der Waals surface area contributed by atoms with E-state index in [2.05, 4.69) is 20.6 Å². The van der Waals surface area contributed by atoms with Gasteiger partial charge in [0.15, 0.2) is 11.9 Å². The highest BCUT2D eigenvalue weighted by molar-refractivity contribution is 5.97. The van der Waals surface area contributed by atoms with Gasteiger partial charge in [0.25, 0.3) is 5.91 Å². The van der Waals surface area contributed by atoms with Gasteiger partial charge in [0.1, 0.15) is 18.5 Å². The molecule has 1 aromatic heterocycles. The average molecular weight is 527 g/mol. The number of hydrogen-bond acceptors (Lipinski definition) is 7. The van der Waals surface area contributed by atoms with Crippen LogP contribution in [0.3, 0.4) is 0 Å². The molecule has 4 rings (SSSR count). The zero-order valence-corrected chi connectivity index (χ0v) is 21.0. The van der Waals surface area contributed by atoms with E-state index >= 15 is 0 Å². The van der Waals surface area contributed by atoms with E-state index in [1.807, 2.05) is 36.4 Å². The molecule has 2 unspecified atom stereocenters. The standard InChI is InChI=1S/C29H26N4O6/c1-19(20-8-4-2-5-9-20)39-29(37)32-23-16-30-26(31-17-23)21-12-14-22(15-13-21)27(34)33-25(28(35)36)18-38-24-10-6-3-7-11-24/h2-17,19,25H,18H2,1H3,(H,32,37)(H,33,34)(H,35,36). The van der Waals surface area contributed by atoms with Crippen LogP contribution in [0.25, 0.3) is 11.4 Å². The lowest BCUT2D eigenvalue weighted by Crippen LogP contribution is -2.44. The van der Waals surface area contributed by atoms with Gasteiger partial charge >= 0.3 is 12.1 Å². The van der Waals surface area contributed by atoms with Gasteiger partial charge in [-0.25, -0.2) is 19.6 Å². The number of aromatic nitrogens is 2. The van der Waals surface area contributed by atoms with Gasteiger partial charge in [-0.15, -0.1) is 0 Å². The molecule has 4 aromatic rings. The summed E-state index contributed by atoms with van der Waals surface area (Å²) in [6.07, 6.45) is 1.83. The van der Waals surface area contributed by atoms with Crippen LogP contribution in [0.2, 0.25) is 0 Å². The molecule has 2 amide bonds. The van der Waals surface area contributed by atoms with Crippen molar-refractivity contribution in [2.75, 3.05) is 11.9 Å². The first-order valence-electron chi connectivity index (χ1n) is 12.1.